The summed E-state index contributed by atoms with van der Waals surface area (Å²) >= 11 is 0. The second kappa shape index (κ2) is 8.08. The van der Waals surface area contributed by atoms with Gasteiger partial charge in [0.2, 0.25) is 0 Å². The van der Waals surface area contributed by atoms with Gasteiger partial charge in [0.05, 0.1) is 23.6 Å². The van der Waals surface area contributed by atoms with Gasteiger partial charge in [0.1, 0.15) is 5.82 Å². The molecule has 2 aromatic carbocycles. The highest BCUT2D eigenvalue weighted by Crippen LogP contribution is 2.20. The summed E-state index contributed by atoms with van der Waals surface area (Å²) in [7, 11) is -3.67. The Labute approximate surface area is 169 Å². The van der Waals surface area contributed by atoms with Gasteiger partial charge in [-0.1, -0.05) is 31.2 Å². The molecule has 0 aliphatic rings. The molecule has 0 aliphatic heterocycles. The van der Waals surface area contributed by atoms with Crippen molar-refractivity contribution in [3.05, 3.63) is 72.4 Å². The van der Waals surface area contributed by atoms with Gasteiger partial charge in [-0.15, -0.1) is 0 Å². The van der Waals surface area contributed by atoms with E-state index in [0.717, 1.165) is 48.2 Å². The molecule has 0 bridgehead atoms. The zero-order valence-electron chi connectivity index (χ0n) is 16.2. The molecule has 4 aromatic rings. The number of nitrogens with zero attached hydrogens (tertiary/aromatic N) is 3. The van der Waals surface area contributed by atoms with Crippen LogP contribution in [0.5, 0.6) is 0 Å². The van der Waals surface area contributed by atoms with Crippen molar-refractivity contribution in [1.82, 2.24) is 19.5 Å². The van der Waals surface area contributed by atoms with Gasteiger partial charge in [0.25, 0.3) is 10.0 Å². The first-order chi connectivity index (χ1) is 14.1. The van der Waals surface area contributed by atoms with Crippen molar-refractivity contribution >= 4 is 26.7 Å². The van der Waals surface area contributed by atoms with E-state index in [4.69, 9.17) is 4.98 Å². The number of fused-ring (bicyclic) bond motifs is 1. The molecule has 0 saturated carbocycles. The van der Waals surface area contributed by atoms with E-state index in [1.165, 1.54) is 12.5 Å². The molecule has 2 aromatic heterocycles. The fourth-order valence-corrected chi connectivity index (χ4v) is 4.39. The van der Waals surface area contributed by atoms with Crippen LogP contribution in [0.2, 0.25) is 0 Å². The van der Waals surface area contributed by atoms with Crippen LogP contribution in [-0.2, 0) is 29.4 Å². The van der Waals surface area contributed by atoms with Crippen molar-refractivity contribution in [3.63, 3.8) is 0 Å². The first-order valence-electron chi connectivity index (χ1n) is 9.61. The SMILES string of the molecule is CCCn1c(CCc2cccc(NS(=O)(=O)c3cnc[nH]3)c2)nc2ccccc21. The van der Waals surface area contributed by atoms with E-state index < -0.39 is 10.0 Å². The number of aromatic amines is 1. The molecule has 29 heavy (non-hydrogen) atoms. The molecule has 0 saturated heterocycles. The normalized spacial score (nSPS) is 11.8. The summed E-state index contributed by atoms with van der Waals surface area (Å²) in [4.78, 5) is 11.2. The Morgan fingerprint density at radius 2 is 1.97 bits per heavy atom. The molecule has 2 N–H and O–H groups in total. The van der Waals surface area contributed by atoms with Gasteiger partial charge in [-0.25, -0.2) is 9.97 Å². The molecule has 8 heteroatoms. The lowest BCUT2D eigenvalue weighted by Crippen LogP contribution is -2.13. The van der Waals surface area contributed by atoms with Crippen molar-refractivity contribution in [2.75, 3.05) is 4.72 Å². The standard InChI is InChI=1S/C21H23N5O2S/c1-2-12-26-19-9-4-3-8-18(19)24-20(26)11-10-16-6-5-7-17(13-16)25-29(27,28)21-14-22-15-23-21/h3-9,13-15,25H,2,10-12H2,1H3,(H,22,23). The first kappa shape index (κ1) is 19.2. The number of imidazole rings is 2. The molecule has 7 nitrogen and oxygen atoms in total. The molecular weight excluding hydrogens is 386 g/mol. The van der Waals surface area contributed by atoms with E-state index in [9.17, 15) is 8.42 Å². The molecular formula is C21H23N5O2S. The second-order valence-electron chi connectivity index (χ2n) is 6.89. The minimum atomic E-state index is -3.67. The third-order valence-corrected chi connectivity index (χ3v) is 6.07. The number of nitrogens with one attached hydrogen (secondary N) is 2. The number of aryl methyl sites for hydroxylation is 3. The maximum absolute atomic E-state index is 12.4. The predicted octanol–water partition coefficient (Wildman–Crippen LogP) is 3.76. The van der Waals surface area contributed by atoms with Crippen LogP contribution in [0.15, 0.2) is 66.1 Å². The zero-order chi connectivity index (χ0) is 20.3. The number of rotatable bonds is 8. The van der Waals surface area contributed by atoms with E-state index >= 15 is 0 Å². The second-order valence-corrected chi connectivity index (χ2v) is 8.54. The number of H-pyrrole nitrogens is 1. The van der Waals surface area contributed by atoms with E-state index in [1.807, 2.05) is 36.4 Å². The number of hydrogen-bond acceptors (Lipinski definition) is 4. The molecule has 2 heterocycles. The third kappa shape index (κ3) is 4.17. The average Bonchev–Trinajstić information content (AvgIpc) is 3.36. The van der Waals surface area contributed by atoms with Crippen LogP contribution in [0.4, 0.5) is 5.69 Å². The van der Waals surface area contributed by atoms with Crippen molar-refractivity contribution in [2.24, 2.45) is 0 Å². The van der Waals surface area contributed by atoms with Crippen molar-refractivity contribution in [3.8, 4) is 0 Å². The Bertz CT molecular complexity index is 1210. The van der Waals surface area contributed by atoms with Crippen molar-refractivity contribution in [1.29, 1.82) is 0 Å². The van der Waals surface area contributed by atoms with Gasteiger partial charge < -0.3 is 9.55 Å². The van der Waals surface area contributed by atoms with Crippen molar-refractivity contribution < 1.29 is 8.42 Å². The Hall–Kier alpha value is -3.13. The van der Waals surface area contributed by atoms with Crippen LogP contribution in [0.3, 0.4) is 0 Å². The van der Waals surface area contributed by atoms with Gasteiger partial charge in [-0.2, -0.15) is 8.42 Å². The first-order valence-corrected chi connectivity index (χ1v) is 11.1. The van der Waals surface area contributed by atoms with Crippen LogP contribution in [-0.4, -0.2) is 27.9 Å². The third-order valence-electron chi connectivity index (χ3n) is 4.76. The van der Waals surface area contributed by atoms with Crippen molar-refractivity contribution in [2.45, 2.75) is 37.8 Å². The van der Waals surface area contributed by atoms with E-state index in [2.05, 4.69) is 32.2 Å². The lowest BCUT2D eigenvalue weighted by Gasteiger charge is -2.10. The van der Waals surface area contributed by atoms with Gasteiger partial charge >= 0.3 is 0 Å². The predicted molar refractivity (Wildman–Crippen MR) is 113 cm³/mol. The Kier molecular flexibility index (Phi) is 5.35. The maximum Gasteiger partial charge on any atom is 0.278 e. The van der Waals surface area contributed by atoms with E-state index in [-0.39, 0.29) is 5.03 Å². The van der Waals surface area contributed by atoms with Crippen LogP contribution in [0.1, 0.15) is 24.7 Å². The molecule has 0 atom stereocenters. The summed E-state index contributed by atoms with van der Waals surface area (Å²) in [5, 5.41) is 0.0381. The van der Waals surface area contributed by atoms with Crippen LogP contribution >= 0.6 is 0 Å². The quantitative estimate of drug-likeness (QED) is 0.463. The molecule has 0 fully saturated rings. The Morgan fingerprint density at radius 1 is 1.10 bits per heavy atom. The Balaban J connectivity index is 1.52. The summed E-state index contributed by atoms with van der Waals surface area (Å²) in [6, 6.07) is 15.6. The minimum Gasteiger partial charge on any atom is -0.334 e. The van der Waals surface area contributed by atoms with Gasteiger partial charge in [0.15, 0.2) is 5.03 Å². The molecule has 0 aliphatic carbocycles. The summed E-state index contributed by atoms with van der Waals surface area (Å²) in [5.41, 5.74) is 3.74. The molecule has 0 amide bonds. The smallest absolute Gasteiger partial charge is 0.278 e. The lowest BCUT2D eigenvalue weighted by atomic mass is 10.1. The largest absolute Gasteiger partial charge is 0.334 e. The molecule has 150 valence electrons. The van der Waals surface area contributed by atoms with Crippen LogP contribution < -0.4 is 4.72 Å². The summed E-state index contributed by atoms with van der Waals surface area (Å²) in [6.45, 7) is 3.09. The Morgan fingerprint density at radius 3 is 2.76 bits per heavy atom. The maximum atomic E-state index is 12.4. The topological polar surface area (TPSA) is 92.7 Å². The van der Waals surface area contributed by atoms with Gasteiger partial charge in [-0.05, 0) is 42.7 Å². The molecule has 0 radical (unpaired) electrons. The number of hydrogen-bond donors (Lipinski definition) is 2. The fraction of sp³-hybridized carbons (Fsp3) is 0.238. The number of aromatic nitrogens is 4. The minimum absolute atomic E-state index is 0.0381. The number of anilines is 1. The lowest BCUT2D eigenvalue weighted by molar-refractivity contribution is 0.598. The zero-order valence-corrected chi connectivity index (χ0v) is 17.0. The van der Waals surface area contributed by atoms with Crippen LogP contribution in [0, 0.1) is 0 Å². The summed E-state index contributed by atoms with van der Waals surface area (Å²) < 4.78 is 29.6. The summed E-state index contributed by atoms with van der Waals surface area (Å²) in [6.07, 6.45) is 5.22. The van der Waals surface area contributed by atoms with Crippen LogP contribution in [0.25, 0.3) is 11.0 Å². The van der Waals surface area contributed by atoms with E-state index in [1.54, 1.807) is 6.07 Å². The van der Waals surface area contributed by atoms with E-state index in [0.29, 0.717) is 5.69 Å². The number of sulfonamides is 1. The monoisotopic (exact) mass is 409 g/mol. The fourth-order valence-electron chi connectivity index (χ4n) is 3.44. The number of para-hydroxylation sites is 2. The van der Waals surface area contributed by atoms with Gasteiger partial charge in [-0.3, -0.25) is 4.72 Å². The number of benzene rings is 2. The highest BCUT2D eigenvalue weighted by atomic mass is 32.2. The summed E-state index contributed by atoms with van der Waals surface area (Å²) in [5.74, 6) is 1.05. The van der Waals surface area contributed by atoms with Gasteiger partial charge in [0, 0.05) is 18.7 Å². The molecule has 0 unspecified atom stereocenters. The molecule has 4 rings (SSSR count). The highest BCUT2D eigenvalue weighted by Gasteiger charge is 2.16. The molecule has 0 spiro atoms. The highest BCUT2D eigenvalue weighted by molar-refractivity contribution is 7.92. The average molecular weight is 410 g/mol.